The average Bonchev–Trinajstić information content (AvgIpc) is 2.50. The van der Waals surface area contributed by atoms with Gasteiger partial charge in [0, 0.05) is 23.8 Å². The van der Waals surface area contributed by atoms with Crippen LogP contribution >= 0.6 is 23.2 Å². The van der Waals surface area contributed by atoms with Gasteiger partial charge >= 0.3 is 0 Å². The Labute approximate surface area is 131 Å². The molecule has 0 aliphatic rings. The van der Waals surface area contributed by atoms with Gasteiger partial charge < -0.3 is 5.32 Å². The molecule has 5 heteroatoms. The van der Waals surface area contributed by atoms with Gasteiger partial charge in [0.25, 0.3) is 0 Å². The number of hydrogen-bond acceptors (Lipinski definition) is 2. The summed E-state index contributed by atoms with van der Waals surface area (Å²) in [5, 5.41) is 4.27. The highest BCUT2D eigenvalue weighted by Gasteiger charge is 2.07. The molecular formula is C16H11Cl2FN2. The normalized spacial score (nSPS) is 10.8. The molecule has 0 bridgehead atoms. The molecule has 2 aromatic carbocycles. The fourth-order valence-corrected chi connectivity index (χ4v) is 2.58. The molecule has 0 radical (unpaired) electrons. The Morgan fingerprint density at radius 3 is 2.57 bits per heavy atom. The summed E-state index contributed by atoms with van der Waals surface area (Å²) in [7, 11) is 0. The van der Waals surface area contributed by atoms with Crippen LogP contribution in [0.3, 0.4) is 0 Å². The third kappa shape index (κ3) is 3.09. The van der Waals surface area contributed by atoms with Gasteiger partial charge in [0.2, 0.25) is 0 Å². The monoisotopic (exact) mass is 320 g/mol. The Morgan fingerprint density at radius 1 is 1.05 bits per heavy atom. The molecule has 1 N–H and O–H groups in total. The molecule has 1 heterocycles. The Hall–Kier alpha value is -1.84. The van der Waals surface area contributed by atoms with Gasteiger partial charge in [0.1, 0.15) is 0 Å². The van der Waals surface area contributed by atoms with Crippen LogP contribution in [0.1, 0.15) is 5.56 Å². The predicted octanol–water partition coefficient (Wildman–Crippen LogP) is 5.29. The zero-order valence-corrected chi connectivity index (χ0v) is 12.4. The summed E-state index contributed by atoms with van der Waals surface area (Å²) in [6.07, 6.45) is 1.77. The van der Waals surface area contributed by atoms with Gasteiger partial charge in [-0.3, -0.25) is 4.98 Å². The Morgan fingerprint density at radius 2 is 1.81 bits per heavy atom. The quantitative estimate of drug-likeness (QED) is 0.663. The standard InChI is InChI=1S/C16H11Cl2FN2/c17-13-7-12(8-14(18)16(13)19)21-9-10-3-4-15-11(6-10)2-1-5-20-15/h1-8,21H,9H2. The van der Waals surface area contributed by atoms with Gasteiger partial charge in [-0.2, -0.15) is 0 Å². The molecule has 2 nitrogen and oxygen atoms in total. The van der Waals surface area contributed by atoms with Crippen LogP contribution in [0.15, 0.2) is 48.7 Å². The van der Waals surface area contributed by atoms with Crippen molar-refractivity contribution in [1.29, 1.82) is 0 Å². The molecule has 106 valence electrons. The van der Waals surface area contributed by atoms with Crippen LogP contribution in [0.2, 0.25) is 10.0 Å². The minimum atomic E-state index is -0.597. The van der Waals surface area contributed by atoms with E-state index in [0.29, 0.717) is 12.2 Å². The summed E-state index contributed by atoms with van der Waals surface area (Å²) in [5.74, 6) is -0.597. The van der Waals surface area contributed by atoms with E-state index in [-0.39, 0.29) is 10.0 Å². The van der Waals surface area contributed by atoms with Crippen molar-refractivity contribution in [3.8, 4) is 0 Å². The summed E-state index contributed by atoms with van der Waals surface area (Å²) in [4.78, 5) is 4.28. The second-order valence-corrected chi connectivity index (χ2v) is 5.45. The van der Waals surface area contributed by atoms with E-state index in [4.69, 9.17) is 23.2 Å². The molecule has 3 aromatic rings. The summed E-state index contributed by atoms with van der Waals surface area (Å²) < 4.78 is 13.3. The second kappa shape index (κ2) is 5.88. The molecule has 0 fully saturated rings. The van der Waals surface area contributed by atoms with E-state index in [2.05, 4.69) is 16.4 Å². The van der Waals surface area contributed by atoms with Crippen LogP contribution in [0.25, 0.3) is 10.9 Å². The predicted molar refractivity (Wildman–Crippen MR) is 85.5 cm³/mol. The third-order valence-corrected chi connectivity index (χ3v) is 3.70. The Kier molecular flexibility index (Phi) is 3.95. The van der Waals surface area contributed by atoms with Crippen LogP contribution in [-0.4, -0.2) is 4.98 Å². The van der Waals surface area contributed by atoms with E-state index >= 15 is 0 Å². The number of pyridine rings is 1. The van der Waals surface area contributed by atoms with Gasteiger partial charge in [-0.1, -0.05) is 35.3 Å². The lowest BCUT2D eigenvalue weighted by Crippen LogP contribution is -2.00. The molecule has 0 aliphatic heterocycles. The van der Waals surface area contributed by atoms with Gasteiger partial charge in [-0.25, -0.2) is 4.39 Å². The van der Waals surface area contributed by atoms with Crippen LogP contribution < -0.4 is 5.32 Å². The van der Waals surface area contributed by atoms with Gasteiger partial charge in [0.15, 0.2) is 5.82 Å². The SMILES string of the molecule is Fc1c(Cl)cc(NCc2ccc3ncccc3c2)cc1Cl. The number of halogens is 3. The number of rotatable bonds is 3. The van der Waals surface area contributed by atoms with Crippen molar-refractivity contribution < 1.29 is 4.39 Å². The Bertz CT molecular complexity index is 782. The Balaban J connectivity index is 1.80. The number of hydrogen-bond donors (Lipinski definition) is 1. The van der Waals surface area contributed by atoms with Gasteiger partial charge in [0.05, 0.1) is 15.6 Å². The zero-order valence-electron chi connectivity index (χ0n) is 10.9. The van der Waals surface area contributed by atoms with Gasteiger partial charge in [-0.05, 0) is 35.9 Å². The fraction of sp³-hybridized carbons (Fsp3) is 0.0625. The van der Waals surface area contributed by atoms with Gasteiger partial charge in [-0.15, -0.1) is 0 Å². The first-order valence-corrected chi connectivity index (χ1v) is 7.11. The highest BCUT2D eigenvalue weighted by Crippen LogP contribution is 2.27. The van der Waals surface area contributed by atoms with Crippen LogP contribution in [0.5, 0.6) is 0 Å². The summed E-state index contributed by atoms with van der Waals surface area (Å²) in [5.41, 5.74) is 2.72. The van der Waals surface area contributed by atoms with Crippen molar-refractivity contribution in [2.45, 2.75) is 6.54 Å². The molecule has 0 atom stereocenters. The fourth-order valence-electron chi connectivity index (χ4n) is 2.10. The lowest BCUT2D eigenvalue weighted by molar-refractivity contribution is 0.629. The highest BCUT2D eigenvalue weighted by atomic mass is 35.5. The van der Waals surface area contributed by atoms with Crippen molar-refractivity contribution in [2.24, 2.45) is 0 Å². The summed E-state index contributed by atoms with van der Waals surface area (Å²) in [6, 6.07) is 13.0. The average molecular weight is 321 g/mol. The number of fused-ring (bicyclic) bond motifs is 1. The summed E-state index contributed by atoms with van der Waals surface area (Å²) in [6.45, 7) is 0.586. The van der Waals surface area contributed by atoms with Crippen LogP contribution in [0, 0.1) is 5.82 Å². The molecule has 3 rings (SSSR count). The maximum absolute atomic E-state index is 13.3. The molecule has 0 saturated heterocycles. The van der Waals surface area contributed by atoms with Crippen molar-refractivity contribution in [1.82, 2.24) is 4.98 Å². The summed E-state index contributed by atoms with van der Waals surface area (Å²) >= 11 is 11.5. The van der Waals surface area contributed by atoms with E-state index in [1.54, 1.807) is 6.20 Å². The van der Waals surface area contributed by atoms with E-state index in [1.165, 1.54) is 12.1 Å². The molecule has 0 aliphatic carbocycles. The highest BCUT2D eigenvalue weighted by molar-refractivity contribution is 6.35. The third-order valence-electron chi connectivity index (χ3n) is 3.15. The molecule has 0 saturated carbocycles. The van der Waals surface area contributed by atoms with E-state index in [9.17, 15) is 4.39 Å². The van der Waals surface area contributed by atoms with Crippen molar-refractivity contribution in [3.05, 3.63) is 70.1 Å². The molecule has 0 unspecified atom stereocenters. The molecule has 0 amide bonds. The van der Waals surface area contributed by atoms with Crippen molar-refractivity contribution in [2.75, 3.05) is 5.32 Å². The zero-order chi connectivity index (χ0) is 14.8. The van der Waals surface area contributed by atoms with Crippen molar-refractivity contribution in [3.63, 3.8) is 0 Å². The number of benzene rings is 2. The van der Waals surface area contributed by atoms with E-state index in [0.717, 1.165) is 16.5 Å². The smallest absolute Gasteiger partial charge is 0.160 e. The minimum Gasteiger partial charge on any atom is -0.381 e. The van der Waals surface area contributed by atoms with Crippen LogP contribution in [-0.2, 0) is 6.54 Å². The second-order valence-electron chi connectivity index (χ2n) is 4.64. The van der Waals surface area contributed by atoms with E-state index in [1.807, 2.05) is 24.3 Å². The largest absolute Gasteiger partial charge is 0.381 e. The molecule has 1 aromatic heterocycles. The number of nitrogens with zero attached hydrogens (tertiary/aromatic N) is 1. The first kappa shape index (κ1) is 14.1. The van der Waals surface area contributed by atoms with Crippen molar-refractivity contribution >= 4 is 39.8 Å². The van der Waals surface area contributed by atoms with E-state index < -0.39 is 5.82 Å². The molecular weight excluding hydrogens is 310 g/mol. The maximum Gasteiger partial charge on any atom is 0.160 e. The minimum absolute atomic E-state index is 0.00714. The molecule has 21 heavy (non-hydrogen) atoms. The number of anilines is 1. The first-order valence-electron chi connectivity index (χ1n) is 6.35. The molecule has 0 spiro atoms. The number of aromatic nitrogens is 1. The topological polar surface area (TPSA) is 24.9 Å². The lowest BCUT2D eigenvalue weighted by Gasteiger charge is -2.09. The lowest BCUT2D eigenvalue weighted by atomic mass is 10.1. The maximum atomic E-state index is 13.3. The number of nitrogens with one attached hydrogen (secondary N) is 1. The first-order chi connectivity index (χ1) is 10.1. The van der Waals surface area contributed by atoms with Crippen LogP contribution in [0.4, 0.5) is 10.1 Å².